The normalized spacial score (nSPS) is 11.9. The fourth-order valence-electron chi connectivity index (χ4n) is 2.29. The fraction of sp³-hybridized carbons (Fsp3) is 0.294. The van der Waals surface area contributed by atoms with Crippen LogP contribution in [0.25, 0.3) is 0 Å². The SMILES string of the molecule is CC[NH+](CC(=O)Nc1ccccc1C(C)=O)Cc1cccs1. The average molecular weight is 317 g/mol. The zero-order valence-electron chi connectivity index (χ0n) is 12.9. The van der Waals surface area contributed by atoms with Gasteiger partial charge in [0.05, 0.1) is 17.1 Å². The van der Waals surface area contributed by atoms with Crippen molar-refractivity contribution in [3.05, 3.63) is 52.2 Å². The van der Waals surface area contributed by atoms with E-state index in [-0.39, 0.29) is 11.7 Å². The van der Waals surface area contributed by atoms with Crippen LogP contribution in [0.4, 0.5) is 5.69 Å². The molecule has 1 aromatic heterocycles. The molecule has 0 saturated carbocycles. The van der Waals surface area contributed by atoms with Crippen LogP contribution in [0, 0.1) is 0 Å². The van der Waals surface area contributed by atoms with Crippen molar-refractivity contribution in [2.45, 2.75) is 20.4 Å². The number of amides is 1. The lowest BCUT2D eigenvalue weighted by Crippen LogP contribution is -3.11. The number of likely N-dealkylation sites (N-methyl/N-ethyl adjacent to an activating group) is 1. The smallest absolute Gasteiger partial charge is 0.279 e. The molecular formula is C17H21N2O2S+. The Labute approximate surface area is 134 Å². The predicted molar refractivity (Wildman–Crippen MR) is 89.5 cm³/mol. The lowest BCUT2D eigenvalue weighted by atomic mass is 10.1. The van der Waals surface area contributed by atoms with Crippen LogP contribution in [0.5, 0.6) is 0 Å². The molecular weight excluding hydrogens is 296 g/mol. The minimum absolute atomic E-state index is 0.0471. The van der Waals surface area contributed by atoms with Gasteiger partial charge in [-0.25, -0.2) is 0 Å². The van der Waals surface area contributed by atoms with Gasteiger partial charge < -0.3 is 10.2 Å². The average Bonchev–Trinajstić information content (AvgIpc) is 2.99. The molecule has 5 heteroatoms. The highest BCUT2D eigenvalue weighted by molar-refractivity contribution is 7.09. The molecule has 2 rings (SSSR count). The summed E-state index contributed by atoms with van der Waals surface area (Å²) in [4.78, 5) is 26.3. The quantitative estimate of drug-likeness (QED) is 0.767. The molecule has 1 aromatic carbocycles. The molecule has 0 fully saturated rings. The van der Waals surface area contributed by atoms with Crippen LogP contribution in [0.1, 0.15) is 29.1 Å². The number of benzene rings is 1. The van der Waals surface area contributed by atoms with Crippen LogP contribution < -0.4 is 10.2 Å². The standard InChI is InChI=1S/C17H20N2O2S/c1-3-19(11-14-7-6-10-22-14)12-17(21)18-16-9-5-4-8-15(16)13(2)20/h4-10H,3,11-12H2,1-2H3,(H,18,21)/p+1. The van der Waals surface area contributed by atoms with Crippen molar-refractivity contribution in [2.75, 3.05) is 18.4 Å². The lowest BCUT2D eigenvalue weighted by molar-refractivity contribution is -0.903. The summed E-state index contributed by atoms with van der Waals surface area (Å²) in [5, 5.41) is 4.91. The Hall–Kier alpha value is -1.98. The number of para-hydroxylation sites is 1. The van der Waals surface area contributed by atoms with Gasteiger partial charge in [0.15, 0.2) is 12.3 Å². The highest BCUT2D eigenvalue weighted by Gasteiger charge is 2.15. The van der Waals surface area contributed by atoms with E-state index in [9.17, 15) is 9.59 Å². The van der Waals surface area contributed by atoms with Crippen LogP contribution >= 0.6 is 11.3 Å². The molecule has 0 spiro atoms. The van der Waals surface area contributed by atoms with Crippen LogP contribution in [0.15, 0.2) is 41.8 Å². The van der Waals surface area contributed by atoms with Crippen molar-refractivity contribution in [2.24, 2.45) is 0 Å². The number of rotatable bonds is 7. The molecule has 116 valence electrons. The summed E-state index contributed by atoms with van der Waals surface area (Å²) in [5.74, 6) is -0.115. The van der Waals surface area contributed by atoms with Crippen molar-refractivity contribution in [3.8, 4) is 0 Å². The van der Waals surface area contributed by atoms with Crippen LogP contribution in [0.3, 0.4) is 0 Å². The van der Waals surface area contributed by atoms with Gasteiger partial charge in [-0.3, -0.25) is 9.59 Å². The molecule has 1 heterocycles. The van der Waals surface area contributed by atoms with Crippen molar-refractivity contribution >= 4 is 28.7 Å². The van der Waals surface area contributed by atoms with Gasteiger partial charge in [-0.15, -0.1) is 11.3 Å². The molecule has 0 aliphatic heterocycles. The number of ketones is 1. The van der Waals surface area contributed by atoms with E-state index in [0.717, 1.165) is 13.1 Å². The van der Waals surface area contributed by atoms with Gasteiger partial charge in [0.1, 0.15) is 6.54 Å². The third-order valence-electron chi connectivity index (χ3n) is 3.50. The minimum atomic E-state index is -0.0675. The Balaban J connectivity index is 1.98. The lowest BCUT2D eigenvalue weighted by Gasteiger charge is -2.17. The van der Waals surface area contributed by atoms with Gasteiger partial charge in [0.25, 0.3) is 5.91 Å². The Morgan fingerprint density at radius 3 is 2.59 bits per heavy atom. The van der Waals surface area contributed by atoms with Gasteiger partial charge in [-0.2, -0.15) is 0 Å². The van der Waals surface area contributed by atoms with Crippen LogP contribution in [-0.2, 0) is 11.3 Å². The molecule has 0 saturated heterocycles. The minimum Gasteiger partial charge on any atom is -0.323 e. The summed E-state index contributed by atoms with van der Waals surface area (Å²) in [6, 6.07) is 11.2. The van der Waals surface area contributed by atoms with E-state index < -0.39 is 0 Å². The zero-order chi connectivity index (χ0) is 15.9. The number of anilines is 1. The Bertz CT molecular complexity index is 638. The van der Waals surface area contributed by atoms with Crippen LogP contribution in [0.2, 0.25) is 0 Å². The number of nitrogens with one attached hydrogen (secondary N) is 2. The number of quaternary nitrogens is 1. The van der Waals surface area contributed by atoms with E-state index in [4.69, 9.17) is 0 Å². The zero-order valence-corrected chi connectivity index (χ0v) is 13.7. The maximum atomic E-state index is 12.2. The summed E-state index contributed by atoms with van der Waals surface area (Å²) in [6.07, 6.45) is 0. The number of hydrogen-bond donors (Lipinski definition) is 2. The molecule has 2 N–H and O–H groups in total. The van der Waals surface area contributed by atoms with E-state index in [1.165, 1.54) is 16.7 Å². The first-order valence-corrected chi connectivity index (χ1v) is 8.24. The van der Waals surface area contributed by atoms with E-state index in [2.05, 4.69) is 18.3 Å². The summed E-state index contributed by atoms with van der Waals surface area (Å²) in [6.45, 7) is 5.68. The summed E-state index contributed by atoms with van der Waals surface area (Å²) < 4.78 is 0. The van der Waals surface area contributed by atoms with E-state index >= 15 is 0 Å². The Kier molecular flexibility index (Phi) is 5.86. The molecule has 0 aliphatic rings. The third-order valence-corrected chi connectivity index (χ3v) is 4.37. The van der Waals surface area contributed by atoms with Crippen molar-refractivity contribution in [1.29, 1.82) is 0 Å². The Morgan fingerprint density at radius 1 is 1.18 bits per heavy atom. The van der Waals surface area contributed by atoms with Crippen molar-refractivity contribution < 1.29 is 14.5 Å². The first-order valence-electron chi connectivity index (χ1n) is 7.36. The highest BCUT2D eigenvalue weighted by atomic mass is 32.1. The van der Waals surface area contributed by atoms with E-state index in [1.807, 2.05) is 17.5 Å². The van der Waals surface area contributed by atoms with Crippen LogP contribution in [-0.4, -0.2) is 24.8 Å². The third kappa shape index (κ3) is 4.51. The number of Topliss-reactive ketones (excluding diaryl/α,β-unsaturated/α-hetero) is 1. The van der Waals surface area contributed by atoms with E-state index in [1.54, 1.807) is 29.5 Å². The highest BCUT2D eigenvalue weighted by Crippen LogP contribution is 2.15. The van der Waals surface area contributed by atoms with Gasteiger partial charge >= 0.3 is 0 Å². The monoisotopic (exact) mass is 317 g/mol. The van der Waals surface area contributed by atoms with Crippen molar-refractivity contribution in [3.63, 3.8) is 0 Å². The molecule has 1 unspecified atom stereocenters. The summed E-state index contributed by atoms with van der Waals surface area (Å²) in [5.41, 5.74) is 1.14. The fourth-order valence-corrected chi connectivity index (χ4v) is 3.07. The molecule has 1 atom stereocenters. The molecule has 0 aliphatic carbocycles. The van der Waals surface area contributed by atoms with Gasteiger partial charge in [0, 0.05) is 5.56 Å². The maximum absolute atomic E-state index is 12.2. The molecule has 0 radical (unpaired) electrons. The molecule has 4 nitrogen and oxygen atoms in total. The summed E-state index contributed by atoms with van der Waals surface area (Å²) >= 11 is 1.71. The van der Waals surface area contributed by atoms with E-state index in [0.29, 0.717) is 17.8 Å². The second-order valence-corrected chi connectivity index (χ2v) is 6.22. The first-order chi connectivity index (χ1) is 10.6. The predicted octanol–water partition coefficient (Wildman–Crippen LogP) is 1.99. The van der Waals surface area contributed by atoms with Gasteiger partial charge in [0.2, 0.25) is 0 Å². The van der Waals surface area contributed by atoms with Gasteiger partial charge in [-0.05, 0) is 37.4 Å². The van der Waals surface area contributed by atoms with Crippen molar-refractivity contribution in [1.82, 2.24) is 0 Å². The number of hydrogen-bond acceptors (Lipinski definition) is 3. The molecule has 22 heavy (non-hydrogen) atoms. The summed E-state index contributed by atoms with van der Waals surface area (Å²) in [7, 11) is 0. The molecule has 0 bridgehead atoms. The topological polar surface area (TPSA) is 50.6 Å². The molecule has 1 amide bonds. The van der Waals surface area contributed by atoms with Gasteiger partial charge in [-0.1, -0.05) is 18.2 Å². The first kappa shape index (κ1) is 16.4. The maximum Gasteiger partial charge on any atom is 0.279 e. The number of carbonyl (C=O) groups is 2. The second-order valence-electron chi connectivity index (χ2n) is 5.19. The number of thiophene rings is 1. The largest absolute Gasteiger partial charge is 0.323 e. The Morgan fingerprint density at radius 2 is 1.95 bits per heavy atom. The second kappa shape index (κ2) is 7.87. The molecule has 2 aromatic rings. The number of carbonyl (C=O) groups excluding carboxylic acids is 2.